The first kappa shape index (κ1) is 33.6. The fraction of sp³-hybridized carbons (Fsp3) is 0. The summed E-state index contributed by atoms with van der Waals surface area (Å²) in [6, 6.07) is 55.8. The second-order valence-corrected chi connectivity index (χ2v) is 15.0. The summed E-state index contributed by atoms with van der Waals surface area (Å²) in [5.41, 5.74) is 16.2. The van der Waals surface area contributed by atoms with E-state index in [0.29, 0.717) is 0 Å². The third-order valence-electron chi connectivity index (χ3n) is 12.2. The summed E-state index contributed by atoms with van der Waals surface area (Å²) in [4.78, 5) is 0. The monoisotopic (exact) mass is 738 g/mol. The van der Waals surface area contributed by atoms with Crippen molar-refractivity contribution in [3.05, 3.63) is 225 Å². The van der Waals surface area contributed by atoms with E-state index in [2.05, 4.69) is 187 Å². The van der Waals surface area contributed by atoms with E-state index in [0.717, 1.165) is 33.7 Å². The van der Waals surface area contributed by atoms with Crippen LogP contribution < -0.4 is 0 Å². The zero-order valence-corrected chi connectivity index (χ0v) is 32.0. The van der Waals surface area contributed by atoms with E-state index in [9.17, 15) is 0 Å². The minimum absolute atomic E-state index is 1.04. The lowest BCUT2D eigenvalue weighted by atomic mass is 9.99. The molecule has 0 aliphatic heterocycles. The number of aromatic nitrogens is 2. The van der Waals surface area contributed by atoms with Gasteiger partial charge in [-0.15, -0.1) is 0 Å². The largest absolute Gasteiger partial charge is 0.309 e. The van der Waals surface area contributed by atoms with Crippen LogP contribution in [-0.2, 0) is 0 Å². The highest BCUT2D eigenvalue weighted by Crippen LogP contribution is 2.47. The molecule has 2 aromatic heterocycles. The standard InChI is InChI=1S/C56H38N2/c1-5-15-35(6-2)37-17-13-18-40(32-37)57-51-23-12-11-20-44(51)49-33-38(25-29-53(49)57)39-26-30-54-50(34-39)47-27-24-36-16-9-10-19-43(36)56(47)58(54)52-31-28-46-42(8-4)41(7-3)45-21-14-22-48(52)55(45)46/h5-34H,1-4H2/b35-15+. The summed E-state index contributed by atoms with van der Waals surface area (Å²) in [6.07, 6.45) is 9.64. The molecule has 272 valence electrons. The second-order valence-electron chi connectivity index (χ2n) is 15.0. The predicted molar refractivity (Wildman–Crippen MR) is 251 cm³/mol. The average molecular weight is 739 g/mol. The normalized spacial score (nSPS) is 12.8. The van der Waals surface area contributed by atoms with Crippen molar-refractivity contribution >= 4 is 81.9 Å². The number of hydrogen-bond donors (Lipinski definition) is 0. The van der Waals surface area contributed by atoms with Crippen LogP contribution in [0.3, 0.4) is 0 Å². The molecular formula is C56H38N2. The van der Waals surface area contributed by atoms with Crippen LogP contribution in [0.1, 0.15) is 16.7 Å². The molecule has 0 fully saturated rings. The molecule has 1 aliphatic rings. The Morgan fingerprint density at radius 1 is 0.466 bits per heavy atom. The van der Waals surface area contributed by atoms with E-state index in [4.69, 9.17) is 0 Å². The molecule has 0 N–H and O–H groups in total. The Labute approximate surface area is 337 Å². The van der Waals surface area contributed by atoms with Gasteiger partial charge in [0.15, 0.2) is 0 Å². The summed E-state index contributed by atoms with van der Waals surface area (Å²) in [5, 5.41) is 9.82. The Morgan fingerprint density at radius 3 is 1.88 bits per heavy atom. The molecule has 0 radical (unpaired) electrons. The van der Waals surface area contributed by atoms with Crippen molar-refractivity contribution in [2.75, 3.05) is 0 Å². The number of rotatable bonds is 8. The van der Waals surface area contributed by atoms with Crippen LogP contribution >= 0.6 is 0 Å². The van der Waals surface area contributed by atoms with Crippen molar-refractivity contribution in [3.63, 3.8) is 0 Å². The molecule has 2 heteroatoms. The lowest BCUT2D eigenvalue weighted by molar-refractivity contribution is 1.18. The van der Waals surface area contributed by atoms with Gasteiger partial charge < -0.3 is 9.13 Å². The van der Waals surface area contributed by atoms with Gasteiger partial charge in [-0.2, -0.15) is 0 Å². The van der Waals surface area contributed by atoms with Crippen molar-refractivity contribution in [1.29, 1.82) is 0 Å². The molecule has 1 aliphatic carbocycles. The highest BCUT2D eigenvalue weighted by molar-refractivity contribution is 6.23. The van der Waals surface area contributed by atoms with Gasteiger partial charge in [-0.3, -0.25) is 0 Å². The molecule has 0 unspecified atom stereocenters. The molecule has 0 spiro atoms. The van der Waals surface area contributed by atoms with E-state index in [1.54, 1.807) is 0 Å². The summed E-state index contributed by atoms with van der Waals surface area (Å²) in [6.45, 7) is 16.3. The minimum Gasteiger partial charge on any atom is -0.309 e. The molecule has 0 amide bonds. The van der Waals surface area contributed by atoms with Crippen molar-refractivity contribution in [1.82, 2.24) is 9.13 Å². The molecule has 58 heavy (non-hydrogen) atoms. The second kappa shape index (κ2) is 12.9. The third-order valence-corrected chi connectivity index (χ3v) is 12.2. The van der Waals surface area contributed by atoms with Gasteiger partial charge in [0.1, 0.15) is 0 Å². The van der Waals surface area contributed by atoms with Gasteiger partial charge in [0, 0.05) is 38.0 Å². The number of hydrogen-bond acceptors (Lipinski definition) is 0. The Morgan fingerprint density at radius 2 is 1.12 bits per heavy atom. The van der Waals surface area contributed by atoms with Crippen LogP contribution in [0.2, 0.25) is 0 Å². The Bertz CT molecular complexity index is 3500. The number of benzene rings is 8. The van der Waals surface area contributed by atoms with Crippen molar-refractivity contribution in [2.45, 2.75) is 0 Å². The van der Waals surface area contributed by atoms with Crippen LogP contribution in [-0.4, -0.2) is 9.13 Å². The van der Waals surface area contributed by atoms with E-state index < -0.39 is 0 Å². The average Bonchev–Trinajstić information content (AvgIpc) is 3.91. The summed E-state index contributed by atoms with van der Waals surface area (Å²) >= 11 is 0. The molecule has 0 saturated heterocycles. The first-order valence-electron chi connectivity index (χ1n) is 19.7. The maximum absolute atomic E-state index is 4.18. The number of para-hydroxylation sites is 1. The minimum atomic E-state index is 1.04. The number of nitrogens with zero attached hydrogens (tertiary/aromatic N) is 2. The third kappa shape index (κ3) is 4.73. The molecule has 0 saturated carbocycles. The van der Waals surface area contributed by atoms with Gasteiger partial charge >= 0.3 is 0 Å². The lowest BCUT2D eigenvalue weighted by Crippen LogP contribution is -1.97. The van der Waals surface area contributed by atoms with E-state index >= 15 is 0 Å². The molecular weight excluding hydrogens is 701 g/mol. The molecule has 0 atom stereocenters. The highest BCUT2D eigenvalue weighted by Gasteiger charge is 2.24. The molecule has 2 nitrogen and oxygen atoms in total. The quantitative estimate of drug-likeness (QED) is 0.137. The Balaban J connectivity index is 1.13. The predicted octanol–water partition coefficient (Wildman–Crippen LogP) is 15.2. The molecule has 0 bridgehead atoms. The van der Waals surface area contributed by atoms with Crippen LogP contribution in [0.15, 0.2) is 208 Å². The lowest BCUT2D eigenvalue weighted by Gasteiger charge is -2.15. The maximum Gasteiger partial charge on any atom is 0.0619 e. The fourth-order valence-corrected chi connectivity index (χ4v) is 9.64. The van der Waals surface area contributed by atoms with E-state index in [1.807, 2.05) is 30.4 Å². The smallest absolute Gasteiger partial charge is 0.0619 e. The van der Waals surface area contributed by atoms with Gasteiger partial charge in [-0.05, 0) is 104 Å². The van der Waals surface area contributed by atoms with E-state index in [-0.39, 0.29) is 0 Å². The van der Waals surface area contributed by atoms with Gasteiger partial charge in [0.05, 0.1) is 27.8 Å². The molecule has 8 aromatic carbocycles. The highest BCUT2D eigenvalue weighted by atomic mass is 15.0. The Hall–Kier alpha value is -7.68. The van der Waals surface area contributed by atoms with Gasteiger partial charge in [0.2, 0.25) is 0 Å². The first-order chi connectivity index (χ1) is 28.6. The van der Waals surface area contributed by atoms with Crippen LogP contribution in [0.5, 0.6) is 0 Å². The van der Waals surface area contributed by atoms with Gasteiger partial charge in [-0.1, -0.05) is 160 Å². The topological polar surface area (TPSA) is 9.86 Å². The first-order valence-corrected chi connectivity index (χ1v) is 19.7. The van der Waals surface area contributed by atoms with Crippen molar-refractivity contribution in [2.24, 2.45) is 0 Å². The van der Waals surface area contributed by atoms with Gasteiger partial charge in [-0.25, -0.2) is 0 Å². The summed E-state index contributed by atoms with van der Waals surface area (Å²) in [7, 11) is 0. The maximum atomic E-state index is 4.18. The fourth-order valence-electron chi connectivity index (χ4n) is 9.64. The molecule has 2 heterocycles. The van der Waals surface area contributed by atoms with Gasteiger partial charge in [0.25, 0.3) is 0 Å². The summed E-state index contributed by atoms with van der Waals surface area (Å²) in [5.74, 6) is 0. The van der Waals surface area contributed by atoms with Crippen LogP contribution in [0.25, 0.3) is 104 Å². The molecule has 10 aromatic rings. The zero-order valence-electron chi connectivity index (χ0n) is 32.0. The van der Waals surface area contributed by atoms with Crippen molar-refractivity contribution in [3.8, 4) is 22.5 Å². The van der Waals surface area contributed by atoms with E-state index in [1.165, 1.54) is 87.4 Å². The van der Waals surface area contributed by atoms with Crippen molar-refractivity contribution < 1.29 is 0 Å². The zero-order chi connectivity index (χ0) is 39.1. The number of allylic oxidation sites excluding steroid dienone is 8. The SMILES string of the molecule is C=C/C=C(\C=C)c1cccc(-n2c3ccccc3c3cc(-c4ccc5c(c4)c4ccc6ccccc6c4n5-c4ccc5c6c(cccc46)C(C=C)=C5C=C)ccc32)c1. The molecule has 11 rings (SSSR count). The summed E-state index contributed by atoms with van der Waals surface area (Å²) < 4.78 is 4.87. The van der Waals surface area contributed by atoms with Crippen LogP contribution in [0, 0.1) is 0 Å². The Kier molecular flexibility index (Phi) is 7.51. The number of fused-ring (bicyclic) bond motifs is 8. The van der Waals surface area contributed by atoms with Crippen LogP contribution in [0.4, 0.5) is 0 Å².